The van der Waals surface area contributed by atoms with Crippen LogP contribution in [0.3, 0.4) is 0 Å². The molecule has 0 aliphatic rings. The molecule has 3 aromatic rings. The van der Waals surface area contributed by atoms with Crippen molar-refractivity contribution in [1.29, 1.82) is 0 Å². The average Bonchev–Trinajstić information content (AvgIpc) is 2.93. The van der Waals surface area contributed by atoms with E-state index in [-0.39, 0.29) is 0 Å². The van der Waals surface area contributed by atoms with E-state index in [0.29, 0.717) is 6.04 Å². The van der Waals surface area contributed by atoms with Crippen LogP contribution in [0.15, 0.2) is 29.6 Å². The summed E-state index contributed by atoms with van der Waals surface area (Å²) in [4.78, 5) is 5.89. The van der Waals surface area contributed by atoms with Crippen molar-refractivity contribution in [1.82, 2.24) is 4.98 Å². The van der Waals surface area contributed by atoms with Gasteiger partial charge in [0.1, 0.15) is 0 Å². The SMILES string of the molecule is Cc1nc2ccc(NC(C)c3sccc3C)cc2s1. The molecular weight excluding hydrogens is 272 g/mol. The first kappa shape index (κ1) is 12.6. The van der Waals surface area contributed by atoms with Crippen LogP contribution in [0.25, 0.3) is 10.2 Å². The molecule has 0 saturated heterocycles. The van der Waals surface area contributed by atoms with Crippen molar-refractivity contribution in [3.05, 3.63) is 45.1 Å². The number of hydrogen-bond acceptors (Lipinski definition) is 4. The number of fused-ring (bicyclic) bond motifs is 1. The van der Waals surface area contributed by atoms with Gasteiger partial charge >= 0.3 is 0 Å². The van der Waals surface area contributed by atoms with E-state index >= 15 is 0 Å². The van der Waals surface area contributed by atoms with Crippen LogP contribution >= 0.6 is 22.7 Å². The van der Waals surface area contributed by atoms with E-state index in [4.69, 9.17) is 0 Å². The highest BCUT2D eigenvalue weighted by Crippen LogP contribution is 2.29. The first-order valence-electron chi connectivity index (χ1n) is 6.31. The van der Waals surface area contributed by atoms with E-state index in [2.05, 4.69) is 60.7 Å². The van der Waals surface area contributed by atoms with Crippen molar-refractivity contribution in [3.8, 4) is 0 Å². The van der Waals surface area contributed by atoms with E-state index in [9.17, 15) is 0 Å². The molecule has 0 saturated carbocycles. The fourth-order valence-electron chi connectivity index (χ4n) is 2.27. The van der Waals surface area contributed by atoms with Crippen molar-refractivity contribution in [2.45, 2.75) is 26.8 Å². The Balaban J connectivity index is 1.86. The second kappa shape index (κ2) is 4.94. The quantitative estimate of drug-likeness (QED) is 0.721. The summed E-state index contributed by atoms with van der Waals surface area (Å²) in [6.07, 6.45) is 0. The largest absolute Gasteiger partial charge is 0.378 e. The monoisotopic (exact) mass is 288 g/mol. The summed E-state index contributed by atoms with van der Waals surface area (Å²) < 4.78 is 1.25. The molecule has 0 amide bonds. The Hall–Kier alpha value is -1.39. The lowest BCUT2D eigenvalue weighted by molar-refractivity contribution is 0.900. The number of rotatable bonds is 3. The smallest absolute Gasteiger partial charge is 0.0907 e. The zero-order valence-corrected chi connectivity index (χ0v) is 12.9. The van der Waals surface area contributed by atoms with Gasteiger partial charge < -0.3 is 5.32 Å². The standard InChI is InChI=1S/C15H16N2S2/c1-9-6-7-18-15(9)10(2)16-12-4-5-13-14(8-12)19-11(3)17-13/h4-8,10,16H,1-3H3. The zero-order chi connectivity index (χ0) is 13.4. The maximum absolute atomic E-state index is 4.49. The second-order valence-electron chi connectivity index (χ2n) is 4.75. The molecule has 1 N–H and O–H groups in total. The molecule has 0 aliphatic heterocycles. The number of hydrogen-bond donors (Lipinski definition) is 1. The van der Waals surface area contributed by atoms with Crippen molar-refractivity contribution >= 4 is 38.6 Å². The molecule has 0 fully saturated rings. The van der Waals surface area contributed by atoms with Crippen LogP contribution in [0.5, 0.6) is 0 Å². The van der Waals surface area contributed by atoms with Crippen LogP contribution in [-0.2, 0) is 0 Å². The van der Waals surface area contributed by atoms with Gasteiger partial charge in [-0.2, -0.15) is 0 Å². The Morgan fingerprint density at radius 3 is 2.79 bits per heavy atom. The highest BCUT2D eigenvalue weighted by atomic mass is 32.1. The molecule has 0 aliphatic carbocycles. The summed E-state index contributed by atoms with van der Waals surface area (Å²) in [5.74, 6) is 0. The van der Waals surface area contributed by atoms with E-state index in [1.165, 1.54) is 15.1 Å². The highest BCUT2D eigenvalue weighted by Gasteiger charge is 2.10. The minimum Gasteiger partial charge on any atom is -0.378 e. The number of nitrogens with one attached hydrogen (secondary N) is 1. The normalized spacial score (nSPS) is 12.8. The average molecular weight is 288 g/mol. The molecule has 0 spiro atoms. The van der Waals surface area contributed by atoms with E-state index in [0.717, 1.165) is 16.2 Å². The summed E-state index contributed by atoms with van der Waals surface area (Å²) in [6, 6.07) is 8.91. The van der Waals surface area contributed by atoms with Gasteiger partial charge in [-0.3, -0.25) is 0 Å². The molecule has 98 valence electrons. The van der Waals surface area contributed by atoms with Gasteiger partial charge in [-0.1, -0.05) is 0 Å². The van der Waals surface area contributed by atoms with Gasteiger partial charge in [0.2, 0.25) is 0 Å². The molecule has 2 heterocycles. The Bertz CT molecular complexity index is 712. The summed E-state index contributed by atoms with van der Waals surface area (Å²) in [5.41, 5.74) is 3.61. The van der Waals surface area contributed by atoms with Crippen molar-refractivity contribution in [3.63, 3.8) is 0 Å². The van der Waals surface area contributed by atoms with E-state index in [1.807, 2.05) is 11.3 Å². The minimum atomic E-state index is 0.339. The number of benzene rings is 1. The summed E-state index contributed by atoms with van der Waals surface area (Å²) in [6.45, 7) is 6.43. The number of anilines is 1. The van der Waals surface area contributed by atoms with Gasteiger partial charge in [-0.25, -0.2) is 4.98 Å². The first-order valence-corrected chi connectivity index (χ1v) is 8.01. The summed E-state index contributed by atoms with van der Waals surface area (Å²) in [7, 11) is 0. The van der Waals surface area contributed by atoms with Crippen LogP contribution in [0.1, 0.15) is 28.4 Å². The molecule has 3 rings (SSSR count). The van der Waals surface area contributed by atoms with Gasteiger partial charge in [0.05, 0.1) is 21.3 Å². The molecule has 19 heavy (non-hydrogen) atoms. The molecule has 0 radical (unpaired) electrons. The number of nitrogens with zero attached hydrogens (tertiary/aromatic N) is 1. The van der Waals surface area contributed by atoms with Crippen molar-refractivity contribution < 1.29 is 0 Å². The lowest BCUT2D eigenvalue weighted by Crippen LogP contribution is -2.05. The number of thiazole rings is 1. The zero-order valence-electron chi connectivity index (χ0n) is 11.2. The highest BCUT2D eigenvalue weighted by molar-refractivity contribution is 7.18. The van der Waals surface area contributed by atoms with E-state index in [1.54, 1.807) is 11.3 Å². The maximum atomic E-state index is 4.49. The number of aryl methyl sites for hydroxylation is 2. The maximum Gasteiger partial charge on any atom is 0.0907 e. The Kier molecular flexibility index (Phi) is 3.29. The lowest BCUT2D eigenvalue weighted by Gasteiger charge is -2.15. The van der Waals surface area contributed by atoms with Crippen molar-refractivity contribution in [2.24, 2.45) is 0 Å². The number of thiophene rings is 1. The Morgan fingerprint density at radius 2 is 2.05 bits per heavy atom. The van der Waals surface area contributed by atoms with Gasteiger partial charge in [-0.15, -0.1) is 22.7 Å². The third-order valence-electron chi connectivity index (χ3n) is 3.17. The second-order valence-corrected chi connectivity index (χ2v) is 6.93. The predicted octanol–water partition coefficient (Wildman–Crippen LogP) is 5.15. The van der Waals surface area contributed by atoms with Crippen molar-refractivity contribution in [2.75, 3.05) is 5.32 Å². The predicted molar refractivity (Wildman–Crippen MR) is 85.5 cm³/mol. The Labute approximate surface area is 121 Å². The third-order valence-corrected chi connectivity index (χ3v) is 5.31. The first-order chi connectivity index (χ1) is 9.13. The van der Waals surface area contributed by atoms with Crippen LogP contribution in [0.4, 0.5) is 5.69 Å². The molecule has 1 atom stereocenters. The summed E-state index contributed by atoms with van der Waals surface area (Å²) in [5, 5.41) is 6.85. The Morgan fingerprint density at radius 1 is 1.21 bits per heavy atom. The fraction of sp³-hybridized carbons (Fsp3) is 0.267. The number of aromatic nitrogens is 1. The van der Waals surface area contributed by atoms with Crippen LogP contribution in [-0.4, -0.2) is 4.98 Å². The molecule has 1 aromatic carbocycles. The van der Waals surface area contributed by atoms with Gasteiger partial charge in [-0.05, 0) is 56.0 Å². The van der Waals surface area contributed by atoms with Gasteiger partial charge in [0.25, 0.3) is 0 Å². The molecule has 2 aromatic heterocycles. The van der Waals surface area contributed by atoms with Crippen LogP contribution in [0, 0.1) is 13.8 Å². The van der Waals surface area contributed by atoms with Crippen LogP contribution < -0.4 is 5.32 Å². The lowest BCUT2D eigenvalue weighted by atomic mass is 10.2. The molecule has 2 nitrogen and oxygen atoms in total. The van der Waals surface area contributed by atoms with Gasteiger partial charge in [0, 0.05) is 10.6 Å². The van der Waals surface area contributed by atoms with E-state index < -0.39 is 0 Å². The molecular formula is C15H16N2S2. The molecule has 1 unspecified atom stereocenters. The van der Waals surface area contributed by atoms with Gasteiger partial charge in [0.15, 0.2) is 0 Å². The molecule has 4 heteroatoms. The third kappa shape index (κ3) is 2.51. The topological polar surface area (TPSA) is 24.9 Å². The fourth-order valence-corrected chi connectivity index (χ4v) is 4.08. The van der Waals surface area contributed by atoms with Crippen LogP contribution in [0.2, 0.25) is 0 Å². The molecule has 0 bridgehead atoms. The minimum absolute atomic E-state index is 0.339. The summed E-state index contributed by atoms with van der Waals surface area (Å²) >= 11 is 3.56.